The number of thiol groups is 2. The van der Waals surface area contributed by atoms with Gasteiger partial charge in [-0.2, -0.15) is 0 Å². The van der Waals surface area contributed by atoms with Crippen LogP contribution < -0.4 is 11.5 Å². The van der Waals surface area contributed by atoms with E-state index in [1.807, 2.05) is 0 Å². The van der Waals surface area contributed by atoms with Crippen LogP contribution in [-0.2, 0) is 0 Å². The molecule has 0 saturated carbocycles. The monoisotopic (exact) mass is 352 g/mol. The van der Waals surface area contributed by atoms with E-state index in [-0.39, 0.29) is 66.1 Å². The number of amides is 2. The molecule has 104 valence electrons. The molecule has 0 rings (SSSR count). The number of rotatable bonds is 0. The molecule has 0 aromatic rings. The van der Waals surface area contributed by atoms with E-state index in [9.17, 15) is 0 Å². The van der Waals surface area contributed by atoms with Gasteiger partial charge in [0.2, 0.25) is 0 Å². The lowest BCUT2D eigenvalue weighted by atomic mass is 11.5. The van der Waals surface area contributed by atoms with Gasteiger partial charge in [-0.3, -0.25) is 9.59 Å². The molecule has 0 saturated heterocycles. The molecule has 0 bridgehead atoms. The molecule has 0 fully saturated rings. The molecule has 0 unspecified atom stereocenters. The summed E-state index contributed by atoms with van der Waals surface area (Å²) in [5.41, 5.74) is 8.67. The molecule has 10 N–H and O–H groups in total. The summed E-state index contributed by atoms with van der Waals surface area (Å²) in [6.45, 7) is 0. The highest BCUT2D eigenvalue weighted by atomic mass is 35.5. The second kappa shape index (κ2) is 61.6. The molecule has 0 aromatic heterocycles. The second-order valence-corrected chi connectivity index (χ2v) is 1.56. The first-order valence-corrected chi connectivity index (χ1v) is 2.33. The summed E-state index contributed by atoms with van der Waals surface area (Å²) >= 11 is 6.21. The van der Waals surface area contributed by atoms with Crippen molar-refractivity contribution < 1.29 is 26.0 Å². The van der Waals surface area contributed by atoms with Crippen LogP contribution in [-0.4, -0.2) is 26.9 Å². The van der Waals surface area contributed by atoms with Gasteiger partial charge in [0, 0.05) is 0 Å². The Hall–Kier alpha value is 0.680. The fourth-order valence-corrected chi connectivity index (χ4v) is 0. The normalized spacial score (nSPS) is 3.33. The Bertz CT molecular complexity index is 91.0. The van der Waals surface area contributed by atoms with Crippen LogP contribution in [0.4, 0.5) is 9.59 Å². The number of hydrogen-bond acceptors (Lipinski definition) is 2. The van der Waals surface area contributed by atoms with Gasteiger partial charge in [-0.1, -0.05) is 25.3 Å². The first kappa shape index (κ1) is 75.7. The third kappa shape index (κ3) is 5100. The Morgan fingerprint density at radius 3 is 0.667 bits per heavy atom. The SMILES string of the molecule is Cl.Cl.Cl.Cl.NC(=O)S.NC(=O)S.O.O.O. The largest absolute Gasteiger partial charge is 0.412 e. The second-order valence-electron chi connectivity index (χ2n) is 0.676. The lowest BCUT2D eigenvalue weighted by Gasteiger charge is -1.59. The summed E-state index contributed by atoms with van der Waals surface area (Å²) in [6, 6.07) is 0. The van der Waals surface area contributed by atoms with Crippen molar-refractivity contribution in [3.8, 4) is 0 Å². The molecule has 0 aliphatic rings. The number of carbonyl (C=O) groups is 2. The number of carbonyl (C=O) groups excluding carboxylic acids is 2. The molecule has 7 nitrogen and oxygen atoms in total. The topological polar surface area (TPSA) is 181 Å². The molecule has 0 spiro atoms. The van der Waals surface area contributed by atoms with Crippen LogP contribution in [0.15, 0.2) is 0 Å². The molecule has 0 heterocycles. The van der Waals surface area contributed by atoms with Gasteiger partial charge in [-0.25, -0.2) is 0 Å². The van der Waals surface area contributed by atoms with Gasteiger partial charge in [0.25, 0.3) is 10.5 Å². The minimum Gasteiger partial charge on any atom is -0.412 e. The molecule has 0 radical (unpaired) electrons. The summed E-state index contributed by atoms with van der Waals surface area (Å²) in [7, 11) is 0. The zero-order valence-corrected chi connectivity index (χ0v) is 12.1. The third-order valence-corrected chi connectivity index (χ3v) is 0. The van der Waals surface area contributed by atoms with Crippen LogP contribution in [0.5, 0.6) is 0 Å². The van der Waals surface area contributed by atoms with Crippen LogP contribution in [0.1, 0.15) is 0 Å². The maximum absolute atomic E-state index is 9.09. The van der Waals surface area contributed by atoms with Crippen molar-refractivity contribution in [1.82, 2.24) is 0 Å². The van der Waals surface area contributed by atoms with E-state index in [1.54, 1.807) is 0 Å². The van der Waals surface area contributed by atoms with Gasteiger partial charge >= 0.3 is 0 Å². The standard InChI is InChI=1S/2CH3NOS.4ClH.3H2O/c2*2-1(3)4;;;;;;;/h2*(H3,2,3,4);4*1H;3*1H2. The van der Waals surface area contributed by atoms with Crippen LogP contribution in [0.25, 0.3) is 0 Å². The Balaban J connectivity index is -0.00000000468. The van der Waals surface area contributed by atoms with Gasteiger partial charge in [0.05, 0.1) is 0 Å². The average Bonchev–Trinajstić information content (AvgIpc) is 1.25. The van der Waals surface area contributed by atoms with Gasteiger partial charge in [0.15, 0.2) is 0 Å². The van der Waals surface area contributed by atoms with E-state index < -0.39 is 10.5 Å². The van der Waals surface area contributed by atoms with Crippen LogP contribution >= 0.6 is 74.9 Å². The predicted octanol–water partition coefficient (Wildman–Crippen LogP) is -0.797. The van der Waals surface area contributed by atoms with Gasteiger partial charge in [-0.15, -0.1) is 49.6 Å². The molecule has 0 atom stereocenters. The Morgan fingerprint density at radius 1 is 0.667 bits per heavy atom. The third-order valence-electron chi connectivity index (χ3n) is 0. The Morgan fingerprint density at radius 2 is 0.667 bits per heavy atom. The summed E-state index contributed by atoms with van der Waals surface area (Å²) < 4.78 is 0. The predicted molar refractivity (Wildman–Crippen MR) is 77.0 cm³/mol. The summed E-state index contributed by atoms with van der Waals surface area (Å²) in [6.07, 6.45) is 0. The fourth-order valence-electron chi connectivity index (χ4n) is 0. The number of nitrogens with two attached hydrogens (primary N) is 2. The number of hydrogen-bond donors (Lipinski definition) is 4. The van der Waals surface area contributed by atoms with E-state index in [2.05, 4.69) is 36.7 Å². The van der Waals surface area contributed by atoms with Crippen LogP contribution in [0.2, 0.25) is 0 Å². The Kier molecular flexibility index (Phi) is 311. The lowest BCUT2D eigenvalue weighted by Crippen LogP contribution is -1.95. The van der Waals surface area contributed by atoms with Crippen molar-refractivity contribution in [2.45, 2.75) is 0 Å². The van der Waals surface area contributed by atoms with Gasteiger partial charge in [0.1, 0.15) is 0 Å². The van der Waals surface area contributed by atoms with Crippen molar-refractivity contribution in [3.63, 3.8) is 0 Å². The fraction of sp³-hybridized carbons (Fsp3) is 0. The molecular weight excluding hydrogens is 338 g/mol. The highest BCUT2D eigenvalue weighted by Crippen LogP contribution is 1.61. The number of halogens is 4. The van der Waals surface area contributed by atoms with E-state index in [0.29, 0.717) is 0 Å². The van der Waals surface area contributed by atoms with Crippen LogP contribution in [0, 0.1) is 0 Å². The quantitative estimate of drug-likeness (QED) is 0.416. The molecule has 0 aliphatic heterocycles. The van der Waals surface area contributed by atoms with Crippen molar-refractivity contribution in [3.05, 3.63) is 0 Å². The summed E-state index contributed by atoms with van der Waals surface area (Å²) in [4.78, 5) is 18.2. The minimum absolute atomic E-state index is 0. The maximum atomic E-state index is 9.09. The van der Waals surface area contributed by atoms with Gasteiger partial charge < -0.3 is 27.9 Å². The van der Waals surface area contributed by atoms with Gasteiger partial charge in [-0.05, 0) is 0 Å². The summed E-state index contributed by atoms with van der Waals surface area (Å²) in [5, 5.41) is -1.28. The molecule has 2 amide bonds. The minimum atomic E-state index is -0.639. The highest BCUT2D eigenvalue weighted by Gasteiger charge is 1.63. The lowest BCUT2D eigenvalue weighted by molar-refractivity contribution is 0.266. The van der Waals surface area contributed by atoms with E-state index >= 15 is 0 Å². The van der Waals surface area contributed by atoms with Crippen LogP contribution in [0.3, 0.4) is 0 Å². The molecule has 0 aromatic carbocycles. The summed E-state index contributed by atoms with van der Waals surface area (Å²) in [5.74, 6) is 0. The zero-order chi connectivity index (χ0) is 7.15. The van der Waals surface area contributed by atoms with Crippen molar-refractivity contribution in [2.75, 3.05) is 0 Å². The first-order valence-electron chi connectivity index (χ1n) is 1.43. The van der Waals surface area contributed by atoms with Crippen molar-refractivity contribution in [2.24, 2.45) is 11.5 Å². The molecule has 0 aliphatic carbocycles. The number of primary amides is 2. The zero-order valence-electron chi connectivity index (χ0n) is 7.00. The smallest absolute Gasteiger partial charge is 0.273 e. The molecular formula is C2H16Cl4N2O5S2. The average molecular weight is 354 g/mol. The van der Waals surface area contributed by atoms with Crippen molar-refractivity contribution >= 4 is 85.4 Å². The van der Waals surface area contributed by atoms with E-state index in [1.165, 1.54) is 0 Å². The van der Waals surface area contributed by atoms with E-state index in [0.717, 1.165) is 0 Å². The Labute approximate surface area is 122 Å². The molecule has 15 heavy (non-hydrogen) atoms. The van der Waals surface area contributed by atoms with Crippen molar-refractivity contribution in [1.29, 1.82) is 0 Å². The highest BCUT2D eigenvalue weighted by molar-refractivity contribution is 7.96. The van der Waals surface area contributed by atoms with E-state index in [4.69, 9.17) is 9.59 Å². The first-order chi connectivity index (χ1) is 3.46. The molecule has 13 heteroatoms. The maximum Gasteiger partial charge on any atom is 0.273 e.